The number of carbonyl (C=O) groups excluding carboxylic acids is 2. The first-order chi connectivity index (χ1) is 24.1. The second kappa shape index (κ2) is 13.6. The zero-order valence-corrected chi connectivity index (χ0v) is 30.0. The molecule has 14 nitrogen and oxygen atoms in total. The van der Waals surface area contributed by atoms with Crippen molar-refractivity contribution < 1.29 is 68.6 Å². The molecular weight excluding hydrogens is 668 g/mol. The van der Waals surface area contributed by atoms with Gasteiger partial charge in [0, 0.05) is 31.4 Å². The molecule has 51 heavy (non-hydrogen) atoms. The molecule has 7 aliphatic rings. The summed E-state index contributed by atoms with van der Waals surface area (Å²) in [5.41, 5.74) is -2.88. The van der Waals surface area contributed by atoms with Crippen molar-refractivity contribution in [1.82, 2.24) is 0 Å². The molecule has 14 heteroatoms. The lowest BCUT2D eigenvalue weighted by molar-refractivity contribution is -0.346. The molecule has 6 N–H and O–H groups in total. The molecule has 2 saturated heterocycles. The van der Waals surface area contributed by atoms with Crippen molar-refractivity contribution in [3.8, 4) is 0 Å². The van der Waals surface area contributed by atoms with Gasteiger partial charge in [0.1, 0.15) is 42.9 Å². The van der Waals surface area contributed by atoms with Gasteiger partial charge in [0.15, 0.2) is 12.6 Å². The van der Waals surface area contributed by atoms with Crippen molar-refractivity contribution in [2.45, 2.75) is 158 Å². The Labute approximate surface area is 298 Å². The molecule has 288 valence electrons. The summed E-state index contributed by atoms with van der Waals surface area (Å²) in [5, 5.41) is 65.6. The number of hydrogen-bond donors (Lipinski definition) is 6. The third-order valence-electron chi connectivity index (χ3n) is 14.6. The van der Waals surface area contributed by atoms with Crippen molar-refractivity contribution >= 4 is 11.8 Å². The molecule has 4 saturated carbocycles. The third-order valence-corrected chi connectivity index (χ3v) is 14.6. The van der Waals surface area contributed by atoms with Crippen LogP contribution in [0.5, 0.6) is 0 Å². The quantitative estimate of drug-likeness (QED) is 0.150. The zero-order chi connectivity index (χ0) is 36.7. The summed E-state index contributed by atoms with van der Waals surface area (Å²) in [6.45, 7) is 5.16. The van der Waals surface area contributed by atoms with Crippen LogP contribution in [0.3, 0.4) is 0 Å². The van der Waals surface area contributed by atoms with Crippen LogP contribution >= 0.6 is 0 Å². The molecule has 3 aliphatic heterocycles. The fourth-order valence-corrected chi connectivity index (χ4v) is 12.0. The lowest BCUT2D eigenvalue weighted by atomic mass is 9.40. The predicted molar refractivity (Wildman–Crippen MR) is 175 cm³/mol. The summed E-state index contributed by atoms with van der Waals surface area (Å²) < 4.78 is 35.3. The number of rotatable bonds is 8. The summed E-state index contributed by atoms with van der Waals surface area (Å²) in [5.74, 6) is -0.697. The van der Waals surface area contributed by atoms with Crippen molar-refractivity contribution in [1.29, 1.82) is 0 Å². The monoisotopic (exact) mass is 724 g/mol. The van der Waals surface area contributed by atoms with Crippen LogP contribution in [0.4, 0.5) is 0 Å². The molecule has 17 unspecified atom stereocenters. The van der Waals surface area contributed by atoms with Crippen LogP contribution in [0.15, 0.2) is 11.6 Å². The Bertz CT molecular complexity index is 1370. The highest BCUT2D eigenvalue weighted by Crippen LogP contribution is 2.71. The summed E-state index contributed by atoms with van der Waals surface area (Å²) in [4.78, 5) is 25.8. The van der Waals surface area contributed by atoms with E-state index in [4.69, 9.17) is 28.4 Å². The van der Waals surface area contributed by atoms with Gasteiger partial charge in [-0.2, -0.15) is 0 Å². The van der Waals surface area contributed by atoms with E-state index in [1.165, 1.54) is 7.11 Å². The number of ether oxygens (including phenoxy) is 6. The minimum atomic E-state index is -1.58. The van der Waals surface area contributed by atoms with Gasteiger partial charge in [0.05, 0.1) is 41.5 Å². The van der Waals surface area contributed by atoms with Crippen LogP contribution < -0.4 is 0 Å². The minimum absolute atomic E-state index is 0.0316. The number of esters is 1. The van der Waals surface area contributed by atoms with Crippen molar-refractivity contribution in [2.24, 2.45) is 28.6 Å². The first kappa shape index (κ1) is 37.7. The van der Waals surface area contributed by atoms with Crippen LogP contribution in [0, 0.1) is 28.6 Å². The predicted octanol–water partition coefficient (Wildman–Crippen LogP) is 0.648. The first-order valence-electron chi connectivity index (χ1n) is 18.7. The Morgan fingerprint density at radius 3 is 2.37 bits per heavy atom. The average Bonchev–Trinajstić information content (AvgIpc) is 3.64. The van der Waals surface area contributed by atoms with Crippen LogP contribution in [0.1, 0.15) is 85.0 Å². The lowest BCUT2D eigenvalue weighted by Gasteiger charge is -2.66. The van der Waals surface area contributed by atoms with E-state index in [9.17, 15) is 40.2 Å². The van der Waals surface area contributed by atoms with E-state index >= 15 is 0 Å². The molecule has 17 atom stereocenters. The Balaban J connectivity index is 1.03. The van der Waals surface area contributed by atoms with Crippen LogP contribution in [0.25, 0.3) is 0 Å². The van der Waals surface area contributed by atoms with E-state index in [0.29, 0.717) is 44.9 Å². The standard InChI is InChI=1S/C37H56O14/c1-18-32(51-33-31(43)30(42)29(41)26(16-38)50-33)25(46-4)14-28(48-18)49-21-5-11-36(19(2)39)23-6-9-34(3)22(20-13-27(40)47-17-20)8-12-37(34,45)24(23)7-10-35(36,44)15-21/h13,18,21-26,28-33,38,41-45H,5-12,14-17H2,1-4H3. The summed E-state index contributed by atoms with van der Waals surface area (Å²) >= 11 is 0. The topological polar surface area (TPSA) is 211 Å². The summed E-state index contributed by atoms with van der Waals surface area (Å²) in [7, 11) is 1.51. The van der Waals surface area contributed by atoms with Gasteiger partial charge in [0.25, 0.3) is 0 Å². The van der Waals surface area contributed by atoms with Crippen LogP contribution in [-0.2, 0) is 38.0 Å². The number of Topliss-reactive ketones (excluding diaryl/α,β-unsaturated/α-hetero) is 1. The highest BCUT2D eigenvalue weighted by molar-refractivity contribution is 5.85. The molecule has 0 aromatic carbocycles. The molecule has 6 fully saturated rings. The number of aliphatic hydroxyl groups is 6. The number of aliphatic hydroxyl groups excluding tert-OH is 4. The van der Waals surface area contributed by atoms with E-state index in [2.05, 4.69) is 6.92 Å². The number of hydrogen-bond acceptors (Lipinski definition) is 14. The Morgan fingerprint density at radius 1 is 0.961 bits per heavy atom. The average molecular weight is 725 g/mol. The molecule has 0 spiro atoms. The molecule has 0 bridgehead atoms. The smallest absolute Gasteiger partial charge is 0.331 e. The molecule has 0 aromatic rings. The molecule has 7 rings (SSSR count). The maximum atomic E-state index is 13.9. The Morgan fingerprint density at radius 2 is 1.71 bits per heavy atom. The molecule has 0 aromatic heterocycles. The molecule has 0 radical (unpaired) electrons. The normalized spacial score (nSPS) is 52.7. The van der Waals surface area contributed by atoms with Gasteiger partial charge in [-0.25, -0.2) is 4.79 Å². The van der Waals surface area contributed by atoms with Gasteiger partial charge in [-0.3, -0.25) is 4.79 Å². The molecule has 4 aliphatic carbocycles. The van der Waals surface area contributed by atoms with Crippen LogP contribution in [-0.4, -0.2) is 135 Å². The highest BCUT2D eigenvalue weighted by atomic mass is 16.7. The third kappa shape index (κ3) is 5.78. The maximum absolute atomic E-state index is 13.9. The molecule has 0 amide bonds. The van der Waals surface area contributed by atoms with Gasteiger partial charge >= 0.3 is 5.97 Å². The van der Waals surface area contributed by atoms with Gasteiger partial charge in [-0.1, -0.05) is 6.92 Å². The Kier molecular flexibility index (Phi) is 10.1. The maximum Gasteiger partial charge on any atom is 0.331 e. The zero-order valence-electron chi connectivity index (χ0n) is 30.0. The van der Waals surface area contributed by atoms with Gasteiger partial charge in [-0.15, -0.1) is 0 Å². The van der Waals surface area contributed by atoms with E-state index < -0.39 is 90.1 Å². The van der Waals surface area contributed by atoms with Crippen molar-refractivity contribution in [3.05, 3.63) is 11.6 Å². The van der Waals surface area contributed by atoms with E-state index in [-0.39, 0.29) is 49.0 Å². The lowest BCUT2D eigenvalue weighted by Crippen LogP contribution is -2.70. The fourth-order valence-electron chi connectivity index (χ4n) is 12.0. The Hall–Kier alpha value is -1.56. The van der Waals surface area contributed by atoms with Crippen molar-refractivity contribution in [2.75, 3.05) is 20.3 Å². The first-order valence-corrected chi connectivity index (χ1v) is 18.7. The molecular formula is C37H56O14. The number of cyclic esters (lactones) is 1. The van der Waals surface area contributed by atoms with E-state index in [1.807, 2.05) is 0 Å². The second-order valence-corrected chi connectivity index (χ2v) is 16.7. The summed E-state index contributed by atoms with van der Waals surface area (Å²) in [6, 6.07) is 0. The second-order valence-electron chi connectivity index (χ2n) is 16.7. The SMILES string of the molecule is COC1CC(OC2CCC3(C(C)=O)C4CCC5(C)C(C6=CC(=O)OC6)CCC5(O)C4CCC3(O)C2)OC(C)C1OC1OC(CO)C(O)C(O)C1O. The number of ketones is 1. The number of methoxy groups -OCH3 is 1. The van der Waals surface area contributed by atoms with Crippen LogP contribution in [0.2, 0.25) is 0 Å². The number of fused-ring (bicyclic) bond motifs is 5. The van der Waals surface area contributed by atoms with Crippen molar-refractivity contribution in [3.63, 3.8) is 0 Å². The summed E-state index contributed by atoms with van der Waals surface area (Å²) in [6.07, 6.45) is -3.50. The highest BCUT2D eigenvalue weighted by Gasteiger charge is 2.72. The van der Waals surface area contributed by atoms with E-state index in [1.54, 1.807) is 19.9 Å². The van der Waals surface area contributed by atoms with Gasteiger partial charge in [-0.05, 0) is 88.5 Å². The van der Waals surface area contributed by atoms with E-state index in [0.717, 1.165) is 12.0 Å². The fraction of sp³-hybridized carbons (Fsp3) is 0.892. The van der Waals surface area contributed by atoms with Gasteiger partial charge < -0.3 is 59.1 Å². The molecule has 3 heterocycles. The largest absolute Gasteiger partial charge is 0.458 e. The number of carbonyl (C=O) groups is 2. The van der Waals surface area contributed by atoms with Gasteiger partial charge in [0.2, 0.25) is 0 Å². The minimum Gasteiger partial charge on any atom is -0.458 e.